The second-order valence-electron chi connectivity index (χ2n) is 8.55. The van der Waals surface area contributed by atoms with Crippen molar-refractivity contribution in [2.24, 2.45) is 18.7 Å². The maximum absolute atomic E-state index is 14.5. The summed E-state index contributed by atoms with van der Waals surface area (Å²) < 4.78 is 35.5. The molecule has 7 nitrogen and oxygen atoms in total. The SMILES string of the molecule is COc1ccc(-c2c(-c3ccc(C#N)c(F)c3)nc(N3CCC(C)CC3N)n(C)c2=O)cc1F. The highest BCUT2D eigenvalue weighted by atomic mass is 19.1. The quantitative estimate of drug-likeness (QED) is 0.630. The summed E-state index contributed by atoms with van der Waals surface area (Å²) >= 11 is 0. The van der Waals surface area contributed by atoms with Crippen LogP contribution in [0.25, 0.3) is 22.4 Å². The van der Waals surface area contributed by atoms with Crippen molar-refractivity contribution in [3.05, 3.63) is 63.9 Å². The van der Waals surface area contributed by atoms with Gasteiger partial charge in [-0.2, -0.15) is 5.26 Å². The molecule has 0 spiro atoms. The molecule has 0 amide bonds. The summed E-state index contributed by atoms with van der Waals surface area (Å²) in [6, 6.07) is 9.96. The van der Waals surface area contributed by atoms with Crippen LogP contribution in [-0.4, -0.2) is 29.4 Å². The number of aromatic nitrogens is 2. The van der Waals surface area contributed by atoms with Gasteiger partial charge in [0.2, 0.25) is 5.95 Å². The van der Waals surface area contributed by atoms with Crippen LogP contribution >= 0.6 is 0 Å². The van der Waals surface area contributed by atoms with Gasteiger partial charge in [-0.25, -0.2) is 13.8 Å². The van der Waals surface area contributed by atoms with E-state index in [1.54, 1.807) is 19.2 Å². The number of nitriles is 1. The van der Waals surface area contributed by atoms with Crippen molar-refractivity contribution in [3.63, 3.8) is 0 Å². The van der Waals surface area contributed by atoms with Crippen LogP contribution in [-0.2, 0) is 7.05 Å². The van der Waals surface area contributed by atoms with Crippen molar-refractivity contribution >= 4 is 5.95 Å². The lowest BCUT2D eigenvalue weighted by molar-refractivity contribution is 0.361. The third-order valence-corrected chi connectivity index (χ3v) is 6.23. The molecule has 0 saturated carbocycles. The molecule has 0 bridgehead atoms. The molecule has 34 heavy (non-hydrogen) atoms. The van der Waals surface area contributed by atoms with Crippen molar-refractivity contribution in [2.75, 3.05) is 18.6 Å². The number of ether oxygens (including phenoxy) is 1. The third kappa shape index (κ3) is 4.13. The van der Waals surface area contributed by atoms with Crippen molar-refractivity contribution in [1.29, 1.82) is 5.26 Å². The minimum Gasteiger partial charge on any atom is -0.494 e. The molecule has 2 heterocycles. The highest BCUT2D eigenvalue weighted by molar-refractivity contribution is 5.81. The van der Waals surface area contributed by atoms with Gasteiger partial charge >= 0.3 is 0 Å². The Kier molecular flexibility index (Phi) is 6.35. The van der Waals surface area contributed by atoms with Crippen molar-refractivity contribution < 1.29 is 13.5 Å². The molecule has 0 aliphatic carbocycles. The van der Waals surface area contributed by atoms with Crippen LogP contribution in [0.15, 0.2) is 41.2 Å². The molecule has 4 rings (SSSR count). The first-order valence-electron chi connectivity index (χ1n) is 10.9. The van der Waals surface area contributed by atoms with E-state index in [2.05, 4.69) is 6.92 Å². The van der Waals surface area contributed by atoms with E-state index in [0.717, 1.165) is 18.9 Å². The van der Waals surface area contributed by atoms with Crippen LogP contribution < -0.4 is 20.9 Å². The zero-order valence-electron chi connectivity index (χ0n) is 19.2. The van der Waals surface area contributed by atoms with Gasteiger partial charge in [-0.15, -0.1) is 0 Å². The minimum atomic E-state index is -0.737. The molecule has 1 aliphatic rings. The van der Waals surface area contributed by atoms with E-state index < -0.39 is 17.2 Å². The van der Waals surface area contributed by atoms with E-state index in [-0.39, 0.29) is 34.3 Å². The highest BCUT2D eigenvalue weighted by Gasteiger charge is 2.29. The Labute approximate surface area is 196 Å². The smallest absolute Gasteiger partial charge is 0.263 e. The monoisotopic (exact) mass is 465 g/mol. The normalized spacial score (nSPS) is 18.0. The molecule has 3 aromatic rings. The summed E-state index contributed by atoms with van der Waals surface area (Å²) in [5.41, 5.74) is 6.67. The number of hydrogen-bond donors (Lipinski definition) is 1. The van der Waals surface area contributed by atoms with Crippen LogP contribution in [0.4, 0.5) is 14.7 Å². The fourth-order valence-electron chi connectivity index (χ4n) is 4.32. The summed E-state index contributed by atoms with van der Waals surface area (Å²) in [4.78, 5) is 20.2. The second kappa shape index (κ2) is 9.23. The molecule has 2 aromatic carbocycles. The number of halogens is 2. The number of nitrogens with two attached hydrogens (primary N) is 1. The molecule has 0 radical (unpaired) electrons. The van der Waals surface area contributed by atoms with Gasteiger partial charge in [0, 0.05) is 19.2 Å². The van der Waals surface area contributed by atoms with Crippen molar-refractivity contribution in [3.8, 4) is 34.2 Å². The summed E-state index contributed by atoms with van der Waals surface area (Å²) in [6.45, 7) is 2.73. The Hall–Kier alpha value is -3.77. The maximum atomic E-state index is 14.5. The number of hydrogen-bond acceptors (Lipinski definition) is 6. The lowest BCUT2D eigenvalue weighted by atomic mass is 9.96. The number of benzene rings is 2. The first-order chi connectivity index (χ1) is 16.2. The Bertz CT molecular complexity index is 1350. The minimum absolute atomic E-state index is 0.0320. The Morgan fingerprint density at radius 3 is 2.50 bits per heavy atom. The van der Waals surface area contributed by atoms with Crippen LogP contribution in [0.2, 0.25) is 0 Å². The van der Waals surface area contributed by atoms with Crippen LogP contribution in [0.3, 0.4) is 0 Å². The first kappa shape index (κ1) is 23.4. The van der Waals surface area contributed by atoms with Gasteiger partial charge in [0.1, 0.15) is 11.9 Å². The van der Waals surface area contributed by atoms with E-state index in [1.807, 2.05) is 4.90 Å². The molecule has 2 unspecified atom stereocenters. The van der Waals surface area contributed by atoms with Crippen LogP contribution in [0.5, 0.6) is 5.75 Å². The van der Waals surface area contributed by atoms with Crippen molar-refractivity contribution in [1.82, 2.24) is 9.55 Å². The van der Waals surface area contributed by atoms with Crippen molar-refractivity contribution in [2.45, 2.75) is 25.9 Å². The Balaban J connectivity index is 1.98. The second-order valence-corrected chi connectivity index (χ2v) is 8.55. The average Bonchev–Trinajstić information content (AvgIpc) is 2.81. The standard InChI is InChI=1S/C25H25F2N5O2/c1-14-8-9-32(21(29)10-14)25-30-23(16-4-5-17(13-28)18(26)12-16)22(24(33)31(25)2)15-6-7-20(34-3)19(27)11-15/h4-7,11-12,14,21H,8-10,29H2,1-3H3. The number of anilines is 1. The van der Waals surface area contributed by atoms with Crippen LogP contribution in [0.1, 0.15) is 25.3 Å². The van der Waals surface area contributed by atoms with E-state index >= 15 is 0 Å². The molecule has 2 atom stereocenters. The molecule has 1 aliphatic heterocycles. The van der Waals surface area contributed by atoms with Gasteiger partial charge < -0.3 is 15.4 Å². The van der Waals surface area contributed by atoms with Gasteiger partial charge in [0.25, 0.3) is 5.56 Å². The maximum Gasteiger partial charge on any atom is 0.263 e. The summed E-state index contributed by atoms with van der Waals surface area (Å²) in [5.74, 6) is -0.558. The van der Waals surface area contributed by atoms with Gasteiger partial charge in [0.05, 0.1) is 30.1 Å². The van der Waals surface area contributed by atoms with Crippen LogP contribution in [0, 0.1) is 28.9 Å². The summed E-state index contributed by atoms with van der Waals surface area (Å²) in [5, 5.41) is 9.10. The fourth-order valence-corrected chi connectivity index (χ4v) is 4.32. The number of methoxy groups -OCH3 is 1. The molecule has 1 aromatic heterocycles. The average molecular weight is 466 g/mol. The van der Waals surface area contributed by atoms with E-state index in [1.165, 1.54) is 35.9 Å². The molecular weight excluding hydrogens is 440 g/mol. The van der Waals surface area contributed by atoms with E-state index in [4.69, 9.17) is 20.7 Å². The fraction of sp³-hybridized carbons (Fsp3) is 0.320. The Morgan fingerprint density at radius 1 is 1.18 bits per heavy atom. The lowest BCUT2D eigenvalue weighted by Crippen LogP contribution is -2.50. The summed E-state index contributed by atoms with van der Waals surface area (Å²) in [6.07, 6.45) is 1.29. The highest BCUT2D eigenvalue weighted by Crippen LogP contribution is 2.34. The van der Waals surface area contributed by atoms with Gasteiger partial charge in [0.15, 0.2) is 11.6 Å². The predicted octanol–water partition coefficient (Wildman–Crippen LogP) is 3.79. The molecule has 1 saturated heterocycles. The zero-order chi connectivity index (χ0) is 24.6. The van der Waals surface area contributed by atoms with Gasteiger partial charge in [-0.3, -0.25) is 9.36 Å². The lowest BCUT2D eigenvalue weighted by Gasteiger charge is -2.37. The topological polar surface area (TPSA) is 97.2 Å². The summed E-state index contributed by atoms with van der Waals surface area (Å²) in [7, 11) is 2.93. The molecule has 9 heteroatoms. The molecule has 2 N–H and O–H groups in total. The first-order valence-corrected chi connectivity index (χ1v) is 10.9. The molecular formula is C25H25F2N5O2. The van der Waals surface area contributed by atoms with Gasteiger partial charge in [-0.1, -0.05) is 19.1 Å². The third-order valence-electron chi connectivity index (χ3n) is 6.23. The zero-order valence-corrected chi connectivity index (χ0v) is 19.2. The number of nitrogens with zero attached hydrogens (tertiary/aromatic N) is 4. The Morgan fingerprint density at radius 2 is 1.88 bits per heavy atom. The number of piperidine rings is 1. The van der Waals surface area contributed by atoms with E-state index in [0.29, 0.717) is 24.0 Å². The molecule has 176 valence electrons. The van der Waals surface area contributed by atoms with Gasteiger partial charge in [-0.05, 0) is 48.6 Å². The van der Waals surface area contributed by atoms with E-state index in [9.17, 15) is 13.6 Å². The largest absolute Gasteiger partial charge is 0.494 e. The predicted molar refractivity (Wildman–Crippen MR) is 125 cm³/mol. The molecule has 1 fully saturated rings. The number of rotatable bonds is 4.